The standard InChI is InChI=1S/C6H10INO8S/c1-4(15-6(10)16-7)14-5(9)3-8(2)17(11,12)13/h4H,3H2,1-2H3,(H,11,12,13). The molecule has 0 rings (SSSR count). The molecule has 1 unspecified atom stereocenters. The van der Waals surface area contributed by atoms with Gasteiger partial charge in [0.15, 0.2) is 23.0 Å². The van der Waals surface area contributed by atoms with Gasteiger partial charge in [0.05, 0.1) is 0 Å². The molecule has 0 aromatic rings. The van der Waals surface area contributed by atoms with Crippen LogP contribution in [-0.2, 0) is 27.6 Å². The number of likely N-dealkylation sites (N-methyl/N-ethyl adjacent to an activating group) is 1. The number of carbonyl (C=O) groups excluding carboxylic acids is 2. The van der Waals surface area contributed by atoms with Gasteiger partial charge in [-0.2, -0.15) is 12.7 Å². The van der Waals surface area contributed by atoms with Gasteiger partial charge in [-0.05, 0) is 0 Å². The fraction of sp³-hybridized carbons (Fsp3) is 0.667. The molecular formula is C6H10INO8S. The van der Waals surface area contributed by atoms with Crippen LogP contribution in [0.2, 0.25) is 0 Å². The van der Waals surface area contributed by atoms with Gasteiger partial charge >= 0.3 is 22.4 Å². The quantitative estimate of drug-likeness (QED) is 0.308. The lowest BCUT2D eigenvalue weighted by atomic mass is 10.6. The van der Waals surface area contributed by atoms with E-state index < -0.39 is 35.3 Å². The Bertz CT molecular complexity index is 381. The highest BCUT2D eigenvalue weighted by Crippen LogP contribution is 2.01. The van der Waals surface area contributed by atoms with Crippen LogP contribution >= 0.6 is 23.0 Å². The number of nitrogens with zero attached hydrogens (tertiary/aromatic N) is 1. The smallest absolute Gasteiger partial charge is 0.424 e. The lowest BCUT2D eigenvalue weighted by Gasteiger charge is -2.15. The first-order chi connectivity index (χ1) is 7.66. The van der Waals surface area contributed by atoms with Gasteiger partial charge in [-0.3, -0.25) is 9.35 Å². The van der Waals surface area contributed by atoms with E-state index >= 15 is 0 Å². The Morgan fingerprint density at radius 3 is 2.35 bits per heavy atom. The first kappa shape index (κ1) is 16.3. The van der Waals surface area contributed by atoms with Crippen molar-refractivity contribution < 1.29 is 35.1 Å². The van der Waals surface area contributed by atoms with Gasteiger partial charge in [-0.25, -0.2) is 4.79 Å². The van der Waals surface area contributed by atoms with E-state index in [4.69, 9.17) is 4.55 Å². The highest BCUT2D eigenvalue weighted by Gasteiger charge is 2.21. The molecule has 0 spiro atoms. The van der Waals surface area contributed by atoms with Crippen LogP contribution in [0.1, 0.15) is 6.92 Å². The lowest BCUT2D eigenvalue weighted by Crippen LogP contribution is -2.34. The Morgan fingerprint density at radius 1 is 1.41 bits per heavy atom. The van der Waals surface area contributed by atoms with Crippen LogP contribution in [0.5, 0.6) is 0 Å². The zero-order valence-electron chi connectivity index (χ0n) is 8.82. The molecule has 0 fully saturated rings. The predicted octanol–water partition coefficient (Wildman–Crippen LogP) is 0.113. The molecule has 100 valence electrons. The van der Waals surface area contributed by atoms with Crippen molar-refractivity contribution in [2.45, 2.75) is 13.2 Å². The average molecular weight is 383 g/mol. The molecule has 0 bridgehead atoms. The molecule has 0 aromatic carbocycles. The Balaban J connectivity index is 4.15. The summed E-state index contributed by atoms with van der Waals surface area (Å²) in [5.74, 6) is -1.00. The molecule has 0 heterocycles. The summed E-state index contributed by atoms with van der Waals surface area (Å²) in [5, 5.41) is 0. The Labute approximate surface area is 112 Å². The van der Waals surface area contributed by atoms with Crippen molar-refractivity contribution in [2.75, 3.05) is 13.6 Å². The second kappa shape index (κ2) is 6.93. The molecule has 9 nitrogen and oxygen atoms in total. The molecule has 1 N–H and O–H groups in total. The lowest BCUT2D eigenvalue weighted by molar-refractivity contribution is -0.166. The molecule has 17 heavy (non-hydrogen) atoms. The van der Waals surface area contributed by atoms with Gasteiger partial charge < -0.3 is 12.5 Å². The van der Waals surface area contributed by atoms with Crippen LogP contribution < -0.4 is 0 Å². The Hall–Kier alpha value is -0.660. The SMILES string of the molecule is CC(OC(=O)CN(C)S(=O)(=O)O)OC(=O)OI. The summed E-state index contributed by atoms with van der Waals surface area (Å²) in [6.07, 6.45) is -2.30. The normalized spacial score (nSPS) is 13.0. The van der Waals surface area contributed by atoms with Crippen LogP contribution in [0.4, 0.5) is 4.79 Å². The minimum atomic E-state index is -4.46. The van der Waals surface area contributed by atoms with Gasteiger partial charge in [0.1, 0.15) is 6.54 Å². The van der Waals surface area contributed by atoms with Crippen molar-refractivity contribution in [1.82, 2.24) is 4.31 Å². The maximum Gasteiger partial charge on any atom is 0.521 e. The summed E-state index contributed by atoms with van der Waals surface area (Å²) >= 11 is 1.28. The third-order valence-corrected chi connectivity index (χ3v) is 2.64. The third-order valence-electron chi connectivity index (χ3n) is 1.37. The molecule has 0 aromatic heterocycles. The number of esters is 1. The number of rotatable bonds is 5. The second-order valence-electron chi connectivity index (χ2n) is 2.74. The minimum absolute atomic E-state index is 0.360. The number of ether oxygens (including phenoxy) is 2. The fourth-order valence-electron chi connectivity index (χ4n) is 0.664. The van der Waals surface area contributed by atoms with Gasteiger partial charge in [0.25, 0.3) is 0 Å². The Kier molecular flexibility index (Phi) is 6.66. The van der Waals surface area contributed by atoms with Gasteiger partial charge in [-0.15, -0.1) is 0 Å². The molecule has 0 aliphatic carbocycles. The maximum atomic E-state index is 11.1. The predicted molar refractivity (Wildman–Crippen MR) is 61.3 cm³/mol. The van der Waals surface area contributed by atoms with Crippen LogP contribution in [0.15, 0.2) is 0 Å². The summed E-state index contributed by atoms with van der Waals surface area (Å²) in [4.78, 5) is 21.7. The van der Waals surface area contributed by atoms with Crippen molar-refractivity contribution in [3.63, 3.8) is 0 Å². The van der Waals surface area contributed by atoms with E-state index in [0.29, 0.717) is 4.31 Å². The first-order valence-corrected chi connectivity index (χ1v) is 6.32. The monoisotopic (exact) mass is 383 g/mol. The number of hydrogen-bond donors (Lipinski definition) is 1. The molecule has 0 aliphatic heterocycles. The molecule has 11 heteroatoms. The van der Waals surface area contributed by atoms with Crippen molar-refractivity contribution in [2.24, 2.45) is 0 Å². The van der Waals surface area contributed by atoms with E-state index in [1.807, 2.05) is 0 Å². The van der Waals surface area contributed by atoms with Gasteiger partial charge in [-0.1, -0.05) is 0 Å². The molecule has 1 atom stereocenters. The topological polar surface area (TPSA) is 119 Å². The van der Waals surface area contributed by atoms with Crippen LogP contribution in [-0.4, -0.2) is 49.3 Å². The van der Waals surface area contributed by atoms with Crippen molar-refractivity contribution >= 4 is 45.4 Å². The number of carbonyl (C=O) groups is 2. The highest BCUT2D eigenvalue weighted by atomic mass is 127. The number of hydrogen-bond acceptors (Lipinski definition) is 7. The van der Waals surface area contributed by atoms with E-state index in [9.17, 15) is 18.0 Å². The molecule has 0 aliphatic rings. The van der Waals surface area contributed by atoms with Crippen molar-refractivity contribution in [3.8, 4) is 0 Å². The number of halogens is 1. The molecule has 0 radical (unpaired) electrons. The summed E-state index contributed by atoms with van der Waals surface area (Å²) in [7, 11) is -3.49. The van der Waals surface area contributed by atoms with Gasteiger partial charge in [0.2, 0.25) is 6.29 Å². The van der Waals surface area contributed by atoms with E-state index in [2.05, 4.69) is 12.5 Å². The van der Waals surface area contributed by atoms with Crippen LogP contribution in [0.3, 0.4) is 0 Å². The molecule has 0 amide bonds. The second-order valence-corrected chi connectivity index (χ2v) is 4.70. The summed E-state index contributed by atoms with van der Waals surface area (Å²) in [6, 6.07) is 0. The van der Waals surface area contributed by atoms with Crippen LogP contribution in [0.25, 0.3) is 0 Å². The fourth-order valence-corrected chi connectivity index (χ4v) is 1.04. The van der Waals surface area contributed by atoms with E-state index in [0.717, 1.165) is 7.05 Å². The summed E-state index contributed by atoms with van der Waals surface area (Å²) < 4.78 is 43.0. The average Bonchev–Trinajstić information content (AvgIpc) is 2.15. The molecule has 0 saturated carbocycles. The molecular weight excluding hydrogens is 373 g/mol. The zero-order valence-corrected chi connectivity index (χ0v) is 11.8. The van der Waals surface area contributed by atoms with E-state index in [1.54, 1.807) is 0 Å². The minimum Gasteiger partial charge on any atom is -0.424 e. The van der Waals surface area contributed by atoms with Gasteiger partial charge in [0, 0.05) is 14.0 Å². The van der Waals surface area contributed by atoms with E-state index in [-0.39, 0.29) is 0 Å². The summed E-state index contributed by atoms with van der Waals surface area (Å²) in [5.41, 5.74) is 0. The van der Waals surface area contributed by atoms with Crippen LogP contribution in [0, 0.1) is 0 Å². The van der Waals surface area contributed by atoms with E-state index in [1.165, 1.54) is 29.9 Å². The largest absolute Gasteiger partial charge is 0.521 e. The first-order valence-electron chi connectivity index (χ1n) is 4.04. The summed E-state index contributed by atoms with van der Waals surface area (Å²) in [6.45, 7) is 0.519. The Morgan fingerprint density at radius 2 is 1.94 bits per heavy atom. The van der Waals surface area contributed by atoms with Crippen molar-refractivity contribution in [3.05, 3.63) is 0 Å². The third kappa shape index (κ3) is 7.30. The molecule has 0 saturated heterocycles. The van der Waals surface area contributed by atoms with Crippen molar-refractivity contribution in [1.29, 1.82) is 0 Å². The maximum absolute atomic E-state index is 11.1. The zero-order chi connectivity index (χ0) is 13.6. The highest BCUT2D eigenvalue weighted by molar-refractivity contribution is 14.1.